The van der Waals surface area contributed by atoms with Crippen molar-refractivity contribution in [1.82, 2.24) is 10.4 Å². The number of amides is 1. The lowest BCUT2D eigenvalue weighted by Crippen LogP contribution is -2.32. The summed E-state index contributed by atoms with van der Waals surface area (Å²) in [6.07, 6.45) is 0.808. The maximum absolute atomic E-state index is 11.9. The lowest BCUT2D eigenvalue weighted by molar-refractivity contribution is -0.0334. The minimum Gasteiger partial charge on any atom is -0.399 e. The van der Waals surface area contributed by atoms with Gasteiger partial charge in [0.15, 0.2) is 0 Å². The number of ether oxygens (including phenoxy) is 1. The van der Waals surface area contributed by atoms with E-state index in [4.69, 9.17) is 15.3 Å². The summed E-state index contributed by atoms with van der Waals surface area (Å²) in [6, 6.07) is 6.66. The summed E-state index contributed by atoms with van der Waals surface area (Å²) < 4.78 is 5.37. The molecule has 1 rings (SSSR count). The first-order valence-corrected chi connectivity index (χ1v) is 7.63. The highest BCUT2D eigenvalue weighted by molar-refractivity contribution is 5.93. The Kier molecular flexibility index (Phi) is 8.50. The summed E-state index contributed by atoms with van der Waals surface area (Å²) in [6.45, 7) is 7.56. The van der Waals surface area contributed by atoms with E-state index in [2.05, 4.69) is 24.2 Å². The number of nitrogen functional groups attached to an aromatic ring is 1. The molecule has 6 heteroatoms. The van der Waals surface area contributed by atoms with Gasteiger partial charge in [-0.05, 0) is 43.8 Å². The van der Waals surface area contributed by atoms with Crippen LogP contribution >= 0.6 is 0 Å². The first-order chi connectivity index (χ1) is 10.6. The van der Waals surface area contributed by atoms with Crippen LogP contribution in [0.4, 0.5) is 5.69 Å². The van der Waals surface area contributed by atoms with Crippen molar-refractivity contribution >= 4 is 11.6 Å². The van der Waals surface area contributed by atoms with Crippen molar-refractivity contribution in [3.05, 3.63) is 29.8 Å². The monoisotopic (exact) mass is 309 g/mol. The summed E-state index contributed by atoms with van der Waals surface area (Å²) in [5, 5.41) is 0. The molecule has 1 aromatic rings. The van der Waals surface area contributed by atoms with Gasteiger partial charge in [-0.25, -0.2) is 5.48 Å². The van der Waals surface area contributed by atoms with Crippen LogP contribution < -0.4 is 11.2 Å². The Morgan fingerprint density at radius 1 is 1.27 bits per heavy atom. The van der Waals surface area contributed by atoms with Crippen LogP contribution in [0.15, 0.2) is 24.3 Å². The third kappa shape index (κ3) is 6.43. The van der Waals surface area contributed by atoms with Gasteiger partial charge in [-0.3, -0.25) is 9.63 Å². The third-order valence-electron chi connectivity index (χ3n) is 3.60. The molecule has 0 spiro atoms. The molecule has 1 aromatic carbocycles. The van der Waals surface area contributed by atoms with Gasteiger partial charge in [-0.2, -0.15) is 0 Å². The van der Waals surface area contributed by atoms with Gasteiger partial charge in [-0.15, -0.1) is 0 Å². The first-order valence-electron chi connectivity index (χ1n) is 7.63. The van der Waals surface area contributed by atoms with Gasteiger partial charge in [0, 0.05) is 24.9 Å². The normalized spacial score (nSPS) is 12.4. The zero-order chi connectivity index (χ0) is 16.4. The zero-order valence-electron chi connectivity index (χ0n) is 13.7. The van der Waals surface area contributed by atoms with Crippen molar-refractivity contribution < 1.29 is 14.4 Å². The minimum atomic E-state index is -0.293. The van der Waals surface area contributed by atoms with E-state index >= 15 is 0 Å². The van der Waals surface area contributed by atoms with Crippen LogP contribution in [0.25, 0.3) is 0 Å². The molecule has 0 aliphatic rings. The maximum Gasteiger partial charge on any atom is 0.274 e. The summed E-state index contributed by atoms with van der Waals surface area (Å²) in [7, 11) is 1.65. The van der Waals surface area contributed by atoms with Crippen LogP contribution in [0.5, 0.6) is 0 Å². The molecule has 0 fully saturated rings. The number of hydrogen-bond acceptors (Lipinski definition) is 5. The van der Waals surface area contributed by atoms with Gasteiger partial charge in [0.25, 0.3) is 5.91 Å². The standard InChI is InChI=1S/C16H27N3O3/c1-4-19(5-2)11-10-15(21-3)12-22-18-16(20)13-6-8-14(17)9-7-13/h6-9,15H,4-5,10-12,17H2,1-3H3,(H,18,20). The van der Waals surface area contributed by atoms with Crippen molar-refractivity contribution in [2.75, 3.05) is 39.1 Å². The molecule has 0 saturated heterocycles. The third-order valence-corrected chi connectivity index (χ3v) is 3.60. The minimum absolute atomic E-state index is 0.0488. The number of nitrogens with one attached hydrogen (secondary N) is 1. The predicted octanol–water partition coefficient (Wildman–Crippen LogP) is 1.68. The highest BCUT2D eigenvalue weighted by Crippen LogP contribution is 2.05. The van der Waals surface area contributed by atoms with Crippen LogP contribution in [-0.4, -0.2) is 50.3 Å². The number of anilines is 1. The average molecular weight is 309 g/mol. The van der Waals surface area contributed by atoms with Crippen LogP contribution in [0, 0.1) is 0 Å². The number of methoxy groups -OCH3 is 1. The maximum atomic E-state index is 11.9. The Hall–Kier alpha value is -1.63. The molecule has 0 saturated carbocycles. The predicted molar refractivity (Wildman–Crippen MR) is 87.5 cm³/mol. The van der Waals surface area contributed by atoms with Gasteiger partial charge in [0.05, 0.1) is 6.10 Å². The fraction of sp³-hybridized carbons (Fsp3) is 0.562. The Bertz CT molecular complexity index is 433. The van der Waals surface area contributed by atoms with Gasteiger partial charge in [0.2, 0.25) is 0 Å². The molecule has 0 aromatic heterocycles. The van der Waals surface area contributed by atoms with Gasteiger partial charge in [-0.1, -0.05) is 13.8 Å². The molecule has 124 valence electrons. The number of nitrogens with zero attached hydrogens (tertiary/aromatic N) is 1. The molecule has 1 unspecified atom stereocenters. The van der Waals surface area contributed by atoms with Crippen molar-refractivity contribution in [1.29, 1.82) is 0 Å². The molecule has 1 atom stereocenters. The molecule has 6 nitrogen and oxygen atoms in total. The van der Waals surface area contributed by atoms with E-state index in [1.807, 2.05) is 0 Å². The number of benzene rings is 1. The lowest BCUT2D eigenvalue weighted by Gasteiger charge is -2.21. The van der Waals surface area contributed by atoms with E-state index in [9.17, 15) is 4.79 Å². The first kappa shape index (κ1) is 18.4. The molecule has 0 bridgehead atoms. The van der Waals surface area contributed by atoms with Crippen molar-refractivity contribution in [2.45, 2.75) is 26.4 Å². The van der Waals surface area contributed by atoms with Gasteiger partial charge in [0.1, 0.15) is 6.61 Å². The smallest absolute Gasteiger partial charge is 0.274 e. The molecule has 0 heterocycles. The Morgan fingerprint density at radius 2 is 1.91 bits per heavy atom. The van der Waals surface area contributed by atoms with Crippen LogP contribution in [0.2, 0.25) is 0 Å². The molecule has 1 amide bonds. The highest BCUT2D eigenvalue weighted by Gasteiger charge is 2.11. The van der Waals surface area contributed by atoms with E-state index < -0.39 is 0 Å². The number of carbonyl (C=O) groups is 1. The Morgan fingerprint density at radius 3 is 2.45 bits per heavy atom. The molecular formula is C16H27N3O3. The largest absolute Gasteiger partial charge is 0.399 e. The van der Waals surface area contributed by atoms with Crippen molar-refractivity contribution in [3.8, 4) is 0 Å². The highest BCUT2D eigenvalue weighted by atomic mass is 16.7. The molecule has 0 aliphatic heterocycles. The fourth-order valence-corrected chi connectivity index (χ4v) is 2.03. The lowest BCUT2D eigenvalue weighted by atomic mass is 10.2. The molecular weight excluding hydrogens is 282 g/mol. The SMILES string of the molecule is CCN(CC)CCC(CONC(=O)c1ccc(N)cc1)OC. The van der Waals surface area contributed by atoms with Crippen LogP contribution in [-0.2, 0) is 9.57 Å². The van der Waals surface area contributed by atoms with Crippen LogP contribution in [0.3, 0.4) is 0 Å². The summed E-state index contributed by atoms with van der Waals surface area (Å²) in [4.78, 5) is 19.4. The quantitative estimate of drug-likeness (QED) is 0.508. The number of carbonyl (C=O) groups excluding carboxylic acids is 1. The Balaban J connectivity index is 2.31. The fourth-order valence-electron chi connectivity index (χ4n) is 2.03. The topological polar surface area (TPSA) is 76.8 Å². The van der Waals surface area contributed by atoms with Gasteiger partial charge < -0.3 is 15.4 Å². The molecule has 3 N–H and O–H groups in total. The number of nitrogens with two attached hydrogens (primary N) is 1. The van der Waals surface area contributed by atoms with Gasteiger partial charge >= 0.3 is 0 Å². The summed E-state index contributed by atoms with van der Waals surface area (Å²) in [5.74, 6) is -0.293. The van der Waals surface area contributed by atoms with E-state index in [0.29, 0.717) is 17.9 Å². The summed E-state index contributed by atoms with van der Waals surface area (Å²) >= 11 is 0. The summed E-state index contributed by atoms with van der Waals surface area (Å²) in [5.41, 5.74) is 9.13. The van der Waals surface area contributed by atoms with Crippen LogP contribution in [0.1, 0.15) is 30.6 Å². The number of rotatable bonds is 10. The number of hydrogen-bond donors (Lipinski definition) is 2. The molecule has 0 aliphatic carbocycles. The zero-order valence-corrected chi connectivity index (χ0v) is 13.7. The average Bonchev–Trinajstić information content (AvgIpc) is 2.54. The van der Waals surface area contributed by atoms with Crippen molar-refractivity contribution in [2.24, 2.45) is 0 Å². The molecule has 0 radical (unpaired) electrons. The molecule has 22 heavy (non-hydrogen) atoms. The number of hydroxylamine groups is 1. The van der Waals surface area contributed by atoms with Crippen molar-refractivity contribution in [3.63, 3.8) is 0 Å². The van der Waals surface area contributed by atoms with E-state index in [1.54, 1.807) is 31.4 Å². The second kappa shape index (κ2) is 10.2. The second-order valence-electron chi connectivity index (χ2n) is 5.04. The van der Waals surface area contributed by atoms with E-state index in [1.165, 1.54) is 0 Å². The van der Waals surface area contributed by atoms with E-state index in [-0.39, 0.29) is 12.0 Å². The van der Waals surface area contributed by atoms with E-state index in [0.717, 1.165) is 26.1 Å². The second-order valence-corrected chi connectivity index (χ2v) is 5.04. The Labute approximate surface area is 132 Å².